The molecule has 0 spiro atoms. The van der Waals surface area contributed by atoms with E-state index in [1.807, 2.05) is 0 Å². The monoisotopic (exact) mass is 525 g/mol. The molecule has 0 saturated heterocycles. The maximum absolute atomic E-state index is 9.25. The predicted octanol–water partition coefficient (Wildman–Crippen LogP) is -0.0756. The Morgan fingerprint density at radius 3 is 1.40 bits per heavy atom. The molecule has 0 aliphatic heterocycles. The van der Waals surface area contributed by atoms with Gasteiger partial charge in [0.15, 0.2) is 0 Å². The second kappa shape index (κ2) is 5.60. The van der Waals surface area contributed by atoms with E-state index in [0.29, 0.717) is 21.0 Å². The Bertz CT molecular complexity index is 58.0. The van der Waals surface area contributed by atoms with Gasteiger partial charge in [-0.05, 0) is 0 Å². The van der Waals surface area contributed by atoms with Gasteiger partial charge in [0, 0.05) is 0 Å². The van der Waals surface area contributed by atoms with Crippen LogP contribution < -0.4 is 6.15 Å². The first-order valence-electron chi connectivity index (χ1n) is 0.612. The average Bonchev–Trinajstić information content (AvgIpc) is 0.811. The van der Waals surface area contributed by atoms with Gasteiger partial charge in [0.1, 0.15) is 0 Å². The van der Waals surface area contributed by atoms with E-state index < -0.39 is 19.9 Å². The Hall–Kier alpha value is 1.60. The van der Waals surface area contributed by atoms with Crippen molar-refractivity contribution in [1.82, 2.24) is 6.15 Å². The molecule has 30 valence electrons. The molecule has 5 heavy (non-hydrogen) atoms. The van der Waals surface area contributed by atoms with Gasteiger partial charge >= 0.3 is 45.4 Å². The van der Waals surface area contributed by atoms with Crippen molar-refractivity contribution < 1.29 is 45.4 Å². The Morgan fingerprint density at radius 2 is 1.40 bits per heavy atom. The van der Waals surface area contributed by atoms with Crippen LogP contribution in [0.4, 0.5) is 0 Å². The van der Waals surface area contributed by atoms with Gasteiger partial charge in [-0.1, -0.05) is 0 Å². The van der Waals surface area contributed by atoms with Gasteiger partial charge in [-0.3, -0.25) is 0 Å². The summed E-state index contributed by atoms with van der Waals surface area (Å²) in [6.07, 6.45) is 0. The van der Waals surface area contributed by atoms with E-state index in [9.17, 15) is 4.47 Å². The molecule has 3 nitrogen and oxygen atoms in total. The van der Waals surface area contributed by atoms with E-state index >= 15 is 0 Å². The molecule has 5 heteroatoms. The van der Waals surface area contributed by atoms with E-state index in [0.717, 1.165) is 0 Å². The zero-order valence-corrected chi connectivity index (χ0v) is 10.00. The van der Waals surface area contributed by atoms with Crippen molar-refractivity contribution in [3.63, 3.8) is 0 Å². The average molecular weight is 531 g/mol. The van der Waals surface area contributed by atoms with Crippen LogP contribution in [0.3, 0.4) is 0 Å². The van der Waals surface area contributed by atoms with Crippen LogP contribution >= 0.6 is 0 Å². The Balaban J connectivity index is 0. The molecular weight excluding hydrogens is 528 g/mol. The van der Waals surface area contributed by atoms with Crippen LogP contribution in [0.1, 0.15) is 0 Å². The fourth-order valence-electron chi connectivity index (χ4n) is 0. The molecule has 0 heterocycles. The zero-order chi connectivity index (χ0) is 3.58. The predicted molar refractivity (Wildman–Crippen MR) is 6.40 cm³/mol. The first-order valence-corrected chi connectivity index (χ1v) is 21.6. The van der Waals surface area contributed by atoms with Crippen molar-refractivity contribution >= 4 is 0 Å². The Kier molecular flexibility index (Phi) is 11.0. The quantitative estimate of drug-likeness (QED) is 0.476. The molecule has 0 unspecified atom stereocenters. The van der Waals surface area contributed by atoms with E-state index in [1.165, 1.54) is 0 Å². The van der Waals surface area contributed by atoms with Crippen LogP contribution in [0.5, 0.6) is 0 Å². The third kappa shape index (κ3) is 28.4. The van der Waals surface area contributed by atoms with Gasteiger partial charge in [-0.15, -0.1) is 0 Å². The van der Waals surface area contributed by atoms with Crippen molar-refractivity contribution in [3.05, 3.63) is 0 Å². The van der Waals surface area contributed by atoms with Crippen molar-refractivity contribution in [2.45, 2.75) is 0 Å². The molecule has 0 aromatic carbocycles. The normalized spacial score (nSPS) is 5.20. The maximum atomic E-state index is 9.25. The summed E-state index contributed by atoms with van der Waals surface area (Å²) in [5.74, 6) is 0. The molecule has 0 bridgehead atoms. The van der Waals surface area contributed by atoms with Crippen LogP contribution in [0.2, 0.25) is 0 Å². The molecule has 0 atom stereocenters. The fourth-order valence-corrected chi connectivity index (χ4v) is 0. The van der Waals surface area contributed by atoms with Crippen molar-refractivity contribution in [3.8, 4) is 0 Å². The van der Waals surface area contributed by atoms with Crippen LogP contribution in [-0.4, -0.2) is 0 Å². The Morgan fingerprint density at radius 1 is 1.40 bits per heavy atom. The molecule has 0 aliphatic carbocycles. The van der Waals surface area contributed by atoms with Gasteiger partial charge in [-0.25, -0.2) is 0 Å². The summed E-state index contributed by atoms with van der Waals surface area (Å²) in [5.41, 5.74) is 0. The van der Waals surface area contributed by atoms with Crippen molar-refractivity contribution in [2.75, 3.05) is 0 Å². The minimum absolute atomic E-state index is 0. The van der Waals surface area contributed by atoms with E-state index in [-0.39, 0.29) is 6.15 Å². The van der Waals surface area contributed by atoms with Crippen LogP contribution in [0.25, 0.3) is 0 Å². The van der Waals surface area contributed by atoms with Crippen LogP contribution in [-0.2, 0) is 4.47 Å². The molecule has 0 rings (SSSR count). The SMILES string of the molecule is N.[O]=[U](=[O])[Pu]. The van der Waals surface area contributed by atoms with Gasteiger partial charge in [0.05, 0.1) is 0 Å². The third-order valence-corrected chi connectivity index (χ3v) is 0. The first-order chi connectivity index (χ1) is 1.73. The molecule has 0 radical (unpaired) electrons. The molecule has 0 aromatic rings. The van der Waals surface area contributed by atoms with Gasteiger partial charge in [0.25, 0.3) is 0 Å². The fraction of sp³-hybridized carbons (Fsp3) is 0. The number of hydrogen-bond donors (Lipinski definition) is 1. The third-order valence-electron chi connectivity index (χ3n) is 0. The summed E-state index contributed by atoms with van der Waals surface area (Å²) in [5, 5.41) is 0. The standard InChI is InChI=1S/H3N.2O.Pu.U/h1H3;;;;. The van der Waals surface area contributed by atoms with Crippen LogP contribution in [0, 0.1) is 41.0 Å². The summed E-state index contributed by atoms with van der Waals surface area (Å²) in [4.78, 5) is 0. The van der Waals surface area contributed by atoms with E-state index in [4.69, 9.17) is 0 Å². The second-order valence-electron chi connectivity index (χ2n) is 0.250. The second-order valence-corrected chi connectivity index (χ2v) is 15.3. The zero-order valence-electron chi connectivity index (χ0n) is 2.43. The van der Waals surface area contributed by atoms with Gasteiger partial charge < -0.3 is 6.15 Å². The topological polar surface area (TPSA) is 69.1 Å². The number of hydrogen-bond acceptors (Lipinski definition) is 3. The van der Waals surface area contributed by atoms with Crippen molar-refractivity contribution in [1.29, 1.82) is 0 Å². The van der Waals surface area contributed by atoms with E-state index in [1.54, 1.807) is 0 Å². The molecule has 3 N–H and O–H groups in total. The molecular formula is H3NO2PuU. The van der Waals surface area contributed by atoms with Gasteiger partial charge in [-0.2, -0.15) is 0 Å². The van der Waals surface area contributed by atoms with Gasteiger partial charge in [0.2, 0.25) is 0 Å². The van der Waals surface area contributed by atoms with E-state index in [2.05, 4.69) is 0 Å². The molecule has 0 aliphatic rings. The van der Waals surface area contributed by atoms with Crippen molar-refractivity contribution in [2.24, 2.45) is 0 Å². The summed E-state index contributed by atoms with van der Waals surface area (Å²) in [6, 6.07) is 0. The first kappa shape index (κ1) is 9.78. The molecule has 0 aromatic heterocycles. The number of rotatable bonds is 0. The molecule has 0 saturated carbocycles. The molecule has 0 amide bonds. The minimum atomic E-state index is -3.10. The van der Waals surface area contributed by atoms with Crippen LogP contribution in [0.15, 0.2) is 0 Å². The summed E-state index contributed by atoms with van der Waals surface area (Å²) >= 11 is -2.57. The summed E-state index contributed by atoms with van der Waals surface area (Å²) in [6.45, 7) is 0. The molecule has 0 fully saturated rings. The summed E-state index contributed by atoms with van der Waals surface area (Å²) < 4.78 is 18.5. The Labute approximate surface area is 50.6 Å². The summed E-state index contributed by atoms with van der Waals surface area (Å²) in [7, 11) is 0.